The van der Waals surface area contributed by atoms with Gasteiger partial charge in [-0.1, -0.05) is 41.0 Å². The van der Waals surface area contributed by atoms with Crippen LogP contribution in [-0.4, -0.2) is 7.05 Å². The second-order valence-corrected chi connectivity index (χ2v) is 4.43. The molecule has 0 amide bonds. The summed E-state index contributed by atoms with van der Waals surface area (Å²) in [6, 6.07) is 7.02. The van der Waals surface area contributed by atoms with Crippen molar-refractivity contribution in [3.05, 3.63) is 46.5 Å². The molecule has 0 saturated heterocycles. The van der Waals surface area contributed by atoms with Gasteiger partial charge in [0.15, 0.2) is 0 Å². The summed E-state index contributed by atoms with van der Waals surface area (Å²) in [4.78, 5) is 0. The number of aryl methyl sites for hydroxylation is 2. The number of hydrogen-bond donors (Lipinski definition) is 1. The van der Waals surface area contributed by atoms with Gasteiger partial charge < -0.3 is 5.32 Å². The normalized spacial score (nSPS) is 12.3. The first-order chi connectivity index (χ1) is 7.02. The molecule has 0 heterocycles. The van der Waals surface area contributed by atoms with Crippen LogP contribution in [0.4, 0.5) is 0 Å². The molecule has 0 spiro atoms. The highest BCUT2D eigenvalue weighted by atomic mass is 14.9. The predicted octanol–water partition coefficient (Wildman–Crippen LogP) is 3.53. The zero-order valence-electron chi connectivity index (χ0n) is 10.4. The second kappa shape index (κ2) is 5.13. The zero-order chi connectivity index (χ0) is 11.4. The monoisotopic (exact) mass is 203 g/mol. The molecule has 0 aliphatic rings. The van der Waals surface area contributed by atoms with E-state index >= 15 is 0 Å². The molecule has 0 radical (unpaired) electrons. The van der Waals surface area contributed by atoms with Crippen molar-refractivity contribution in [2.75, 3.05) is 7.05 Å². The predicted molar refractivity (Wildman–Crippen MR) is 67.1 cm³/mol. The maximum Gasteiger partial charge on any atom is 0.0506 e. The van der Waals surface area contributed by atoms with Crippen molar-refractivity contribution in [3.63, 3.8) is 0 Å². The Labute approximate surface area is 93.2 Å². The minimum Gasteiger partial charge on any atom is -0.310 e. The van der Waals surface area contributed by atoms with Crippen LogP contribution in [0.15, 0.2) is 29.8 Å². The van der Waals surface area contributed by atoms with E-state index in [1.54, 1.807) is 0 Å². The van der Waals surface area contributed by atoms with Crippen molar-refractivity contribution in [1.29, 1.82) is 0 Å². The average Bonchev–Trinajstić information content (AvgIpc) is 2.12. The maximum atomic E-state index is 3.33. The third kappa shape index (κ3) is 3.52. The van der Waals surface area contributed by atoms with Gasteiger partial charge in [0.2, 0.25) is 0 Å². The molecule has 1 unspecified atom stereocenters. The molecule has 1 N–H and O–H groups in total. The molecule has 1 rings (SSSR count). The van der Waals surface area contributed by atoms with Crippen molar-refractivity contribution in [3.8, 4) is 0 Å². The number of allylic oxidation sites excluding steroid dienone is 1. The fourth-order valence-corrected chi connectivity index (χ4v) is 1.87. The summed E-state index contributed by atoms with van der Waals surface area (Å²) in [6.07, 6.45) is 2.26. The number of hydrogen-bond acceptors (Lipinski definition) is 1. The largest absolute Gasteiger partial charge is 0.310 e. The molecule has 0 bridgehead atoms. The fourth-order valence-electron chi connectivity index (χ4n) is 1.87. The van der Waals surface area contributed by atoms with Crippen LogP contribution in [0.1, 0.15) is 36.6 Å². The van der Waals surface area contributed by atoms with Gasteiger partial charge in [0.05, 0.1) is 6.04 Å². The van der Waals surface area contributed by atoms with Gasteiger partial charge in [-0.15, -0.1) is 0 Å². The summed E-state index contributed by atoms with van der Waals surface area (Å²) in [5, 5.41) is 3.33. The Kier molecular flexibility index (Phi) is 4.10. The molecular formula is C14H21N. The molecular weight excluding hydrogens is 182 g/mol. The highest BCUT2D eigenvalue weighted by Crippen LogP contribution is 2.19. The third-order valence-electron chi connectivity index (χ3n) is 2.41. The summed E-state index contributed by atoms with van der Waals surface area (Å²) < 4.78 is 0. The van der Waals surface area contributed by atoms with Crippen LogP contribution < -0.4 is 5.32 Å². The number of nitrogens with one attached hydrogen (secondary N) is 1. The summed E-state index contributed by atoms with van der Waals surface area (Å²) in [6.45, 7) is 8.55. The van der Waals surface area contributed by atoms with E-state index in [0.29, 0.717) is 6.04 Å². The number of likely N-dealkylation sites (N-methyl/N-ethyl adjacent to an activating group) is 1. The molecule has 0 saturated carbocycles. The van der Waals surface area contributed by atoms with Gasteiger partial charge in [-0.05, 0) is 40.3 Å². The van der Waals surface area contributed by atoms with Crippen LogP contribution in [0.2, 0.25) is 0 Å². The van der Waals surface area contributed by atoms with Crippen LogP contribution in [0, 0.1) is 13.8 Å². The summed E-state index contributed by atoms with van der Waals surface area (Å²) >= 11 is 0. The molecule has 0 aromatic heterocycles. The zero-order valence-corrected chi connectivity index (χ0v) is 10.4. The van der Waals surface area contributed by atoms with Gasteiger partial charge in [-0.25, -0.2) is 0 Å². The first-order valence-corrected chi connectivity index (χ1v) is 5.43. The van der Waals surface area contributed by atoms with Gasteiger partial charge >= 0.3 is 0 Å². The Hall–Kier alpha value is -1.08. The summed E-state index contributed by atoms with van der Waals surface area (Å²) in [5.41, 5.74) is 5.34. The molecule has 1 heteroatoms. The quantitative estimate of drug-likeness (QED) is 0.741. The van der Waals surface area contributed by atoms with Gasteiger partial charge in [0.25, 0.3) is 0 Å². The third-order valence-corrected chi connectivity index (χ3v) is 2.41. The van der Waals surface area contributed by atoms with Gasteiger partial charge in [-0.2, -0.15) is 0 Å². The van der Waals surface area contributed by atoms with E-state index < -0.39 is 0 Å². The standard InChI is InChI=1S/C14H21N/c1-10(2)6-14(15-5)13-8-11(3)7-12(4)9-13/h6-9,14-15H,1-5H3. The second-order valence-electron chi connectivity index (χ2n) is 4.43. The molecule has 15 heavy (non-hydrogen) atoms. The van der Waals surface area contributed by atoms with Gasteiger partial charge in [0, 0.05) is 0 Å². The van der Waals surface area contributed by atoms with E-state index in [4.69, 9.17) is 0 Å². The summed E-state index contributed by atoms with van der Waals surface area (Å²) in [7, 11) is 2.00. The Morgan fingerprint density at radius 2 is 1.67 bits per heavy atom. The van der Waals surface area contributed by atoms with E-state index in [9.17, 15) is 0 Å². The maximum absolute atomic E-state index is 3.33. The first kappa shape index (κ1) is 12.0. The molecule has 0 aliphatic carbocycles. The Bertz CT molecular complexity index is 339. The van der Waals surface area contributed by atoms with E-state index in [-0.39, 0.29) is 0 Å². The Morgan fingerprint density at radius 3 is 2.07 bits per heavy atom. The average molecular weight is 203 g/mol. The number of rotatable bonds is 3. The van der Waals surface area contributed by atoms with Crippen LogP contribution in [-0.2, 0) is 0 Å². The molecule has 1 aromatic rings. The van der Waals surface area contributed by atoms with Crippen LogP contribution in [0.5, 0.6) is 0 Å². The SMILES string of the molecule is CNC(C=C(C)C)c1cc(C)cc(C)c1. The van der Waals surface area contributed by atoms with Crippen molar-refractivity contribution in [2.24, 2.45) is 0 Å². The van der Waals surface area contributed by atoms with Crippen molar-refractivity contribution in [1.82, 2.24) is 5.32 Å². The Morgan fingerprint density at radius 1 is 1.13 bits per heavy atom. The molecule has 1 aromatic carbocycles. The first-order valence-electron chi connectivity index (χ1n) is 5.43. The topological polar surface area (TPSA) is 12.0 Å². The Balaban J connectivity index is 3.07. The van der Waals surface area contributed by atoms with Gasteiger partial charge in [0.1, 0.15) is 0 Å². The lowest BCUT2D eigenvalue weighted by Crippen LogP contribution is -2.14. The minimum atomic E-state index is 0.327. The van der Waals surface area contributed by atoms with Crippen LogP contribution >= 0.6 is 0 Å². The lowest BCUT2D eigenvalue weighted by molar-refractivity contribution is 0.708. The van der Waals surface area contributed by atoms with Crippen LogP contribution in [0.3, 0.4) is 0 Å². The minimum absolute atomic E-state index is 0.327. The smallest absolute Gasteiger partial charge is 0.0506 e. The van der Waals surface area contributed by atoms with E-state index in [0.717, 1.165) is 0 Å². The van der Waals surface area contributed by atoms with E-state index in [1.165, 1.54) is 22.3 Å². The molecule has 0 aliphatic heterocycles. The highest BCUT2D eigenvalue weighted by molar-refractivity contribution is 5.33. The molecule has 1 nitrogen and oxygen atoms in total. The van der Waals surface area contributed by atoms with Crippen molar-refractivity contribution >= 4 is 0 Å². The fraction of sp³-hybridized carbons (Fsp3) is 0.429. The highest BCUT2D eigenvalue weighted by Gasteiger charge is 2.06. The van der Waals surface area contributed by atoms with Gasteiger partial charge in [-0.3, -0.25) is 0 Å². The number of benzene rings is 1. The molecule has 82 valence electrons. The summed E-state index contributed by atoms with van der Waals surface area (Å²) in [5.74, 6) is 0. The van der Waals surface area contributed by atoms with E-state index in [1.807, 2.05) is 7.05 Å². The van der Waals surface area contributed by atoms with E-state index in [2.05, 4.69) is 57.3 Å². The molecule has 0 fully saturated rings. The van der Waals surface area contributed by atoms with Crippen molar-refractivity contribution in [2.45, 2.75) is 33.7 Å². The lowest BCUT2D eigenvalue weighted by atomic mass is 10.00. The lowest BCUT2D eigenvalue weighted by Gasteiger charge is -2.14. The van der Waals surface area contributed by atoms with Crippen molar-refractivity contribution < 1.29 is 0 Å². The van der Waals surface area contributed by atoms with Crippen LogP contribution in [0.25, 0.3) is 0 Å². The molecule has 1 atom stereocenters.